The van der Waals surface area contributed by atoms with Crippen LogP contribution in [0.1, 0.15) is 64.5 Å². The van der Waals surface area contributed by atoms with E-state index in [9.17, 15) is 13.2 Å². The molecule has 0 unspecified atom stereocenters. The molecular formula is C35H44N6O5S. The van der Waals surface area contributed by atoms with Crippen LogP contribution < -0.4 is 14.8 Å². The summed E-state index contributed by atoms with van der Waals surface area (Å²) in [6.07, 6.45) is 5.79. The smallest absolute Gasteiger partial charge is 0.410 e. The summed E-state index contributed by atoms with van der Waals surface area (Å²) in [5, 5.41) is 4.39. The van der Waals surface area contributed by atoms with Crippen LogP contribution in [-0.2, 0) is 21.2 Å². The number of methoxy groups -OCH3 is 1. The van der Waals surface area contributed by atoms with Crippen molar-refractivity contribution < 1.29 is 22.7 Å². The number of nitrogens with one attached hydrogen (secondary N) is 2. The number of nitrogens with zero attached hydrogens (tertiary/aromatic N) is 4. The molecule has 1 aliphatic carbocycles. The number of rotatable bonds is 9. The first-order valence-corrected chi connectivity index (χ1v) is 17.4. The third-order valence-corrected chi connectivity index (χ3v) is 9.90. The molecule has 11 nitrogen and oxygen atoms in total. The highest BCUT2D eigenvalue weighted by Gasteiger charge is 2.29. The number of benzene rings is 2. The number of aromatic nitrogens is 3. The van der Waals surface area contributed by atoms with E-state index in [1.54, 1.807) is 48.2 Å². The highest BCUT2D eigenvalue weighted by Crippen LogP contribution is 2.34. The first-order valence-electron chi connectivity index (χ1n) is 15.9. The molecule has 0 aliphatic heterocycles. The first-order chi connectivity index (χ1) is 22.3. The molecule has 0 atom stereocenters. The number of amides is 1. The predicted octanol–water partition coefficient (Wildman–Crippen LogP) is 6.96. The van der Waals surface area contributed by atoms with Crippen molar-refractivity contribution in [1.82, 2.24) is 19.9 Å². The number of fused-ring (bicyclic) bond motifs is 1. The molecular weight excluding hydrogens is 616 g/mol. The summed E-state index contributed by atoms with van der Waals surface area (Å²) < 4.78 is 39.8. The van der Waals surface area contributed by atoms with Crippen LogP contribution in [0.4, 0.5) is 16.6 Å². The van der Waals surface area contributed by atoms with E-state index in [0.717, 1.165) is 59.7 Å². The second kappa shape index (κ2) is 13.7. The van der Waals surface area contributed by atoms with Crippen molar-refractivity contribution >= 4 is 38.8 Å². The molecule has 2 heterocycles. The Bertz CT molecular complexity index is 1870. The van der Waals surface area contributed by atoms with Gasteiger partial charge < -0.3 is 19.7 Å². The van der Waals surface area contributed by atoms with Gasteiger partial charge in [-0.3, -0.25) is 4.72 Å². The van der Waals surface area contributed by atoms with Gasteiger partial charge in [-0.2, -0.15) is 4.98 Å². The zero-order valence-electron chi connectivity index (χ0n) is 28.1. The van der Waals surface area contributed by atoms with Crippen LogP contribution in [0.3, 0.4) is 0 Å². The van der Waals surface area contributed by atoms with Gasteiger partial charge in [-0.1, -0.05) is 25.1 Å². The number of sulfonamides is 1. The molecule has 4 aromatic rings. The van der Waals surface area contributed by atoms with Gasteiger partial charge in [0.1, 0.15) is 11.4 Å². The fourth-order valence-corrected chi connectivity index (χ4v) is 7.16. The van der Waals surface area contributed by atoms with Gasteiger partial charge >= 0.3 is 6.09 Å². The molecule has 1 fully saturated rings. The second-order valence-electron chi connectivity index (χ2n) is 13.0. The Kier molecular flexibility index (Phi) is 9.90. The van der Waals surface area contributed by atoms with Gasteiger partial charge in [-0.15, -0.1) is 0 Å². The highest BCUT2D eigenvalue weighted by atomic mass is 32.2. The molecule has 0 spiro atoms. The normalized spacial score (nSPS) is 16.8. The highest BCUT2D eigenvalue weighted by molar-refractivity contribution is 7.92. The quantitative estimate of drug-likeness (QED) is 0.195. The minimum atomic E-state index is -3.83. The molecule has 2 aromatic heterocycles. The number of pyridine rings is 1. The molecule has 5 rings (SSSR count). The lowest BCUT2D eigenvalue weighted by molar-refractivity contribution is 0.0185. The van der Waals surface area contributed by atoms with E-state index in [0.29, 0.717) is 17.4 Å². The summed E-state index contributed by atoms with van der Waals surface area (Å²) in [6.45, 7) is 9.46. The van der Waals surface area contributed by atoms with E-state index < -0.39 is 15.6 Å². The van der Waals surface area contributed by atoms with Crippen molar-refractivity contribution in [3.05, 3.63) is 65.9 Å². The minimum absolute atomic E-state index is 0.138. The SMILES string of the molecule is CCc1cc(-c2ccc(NS(=O)(=O)c3ccccc3C)nc2OC)cc2cnc(NC3CCC(N(C)C(=O)OC(C)(C)C)CC3)nc12. The molecule has 12 heteroatoms. The number of anilines is 2. The van der Waals surface area contributed by atoms with E-state index >= 15 is 0 Å². The van der Waals surface area contributed by atoms with Crippen molar-refractivity contribution in [3.63, 3.8) is 0 Å². The Balaban J connectivity index is 1.31. The number of aryl methyl sites for hydroxylation is 2. The van der Waals surface area contributed by atoms with Crippen molar-refractivity contribution in [2.75, 3.05) is 24.2 Å². The number of hydrogen-bond donors (Lipinski definition) is 2. The summed E-state index contributed by atoms with van der Waals surface area (Å²) in [7, 11) is -0.504. The van der Waals surface area contributed by atoms with Crippen LogP contribution in [0.2, 0.25) is 0 Å². The maximum atomic E-state index is 13.0. The predicted molar refractivity (Wildman–Crippen MR) is 184 cm³/mol. The van der Waals surface area contributed by atoms with Gasteiger partial charge in [-0.05, 0) is 107 Å². The van der Waals surface area contributed by atoms with Crippen molar-refractivity contribution in [2.24, 2.45) is 0 Å². The molecule has 2 N–H and O–H groups in total. The number of ether oxygens (including phenoxy) is 2. The molecule has 1 aliphatic rings. The average molecular weight is 661 g/mol. The number of hydrogen-bond acceptors (Lipinski definition) is 9. The van der Waals surface area contributed by atoms with Crippen molar-refractivity contribution in [1.29, 1.82) is 0 Å². The van der Waals surface area contributed by atoms with Gasteiger partial charge in [0.15, 0.2) is 0 Å². The lowest BCUT2D eigenvalue weighted by atomic mass is 9.90. The molecule has 47 heavy (non-hydrogen) atoms. The molecule has 1 amide bonds. The fraction of sp³-hybridized carbons (Fsp3) is 0.429. The maximum Gasteiger partial charge on any atom is 0.410 e. The number of carbonyl (C=O) groups excluding carboxylic acids is 1. The Morgan fingerprint density at radius 1 is 1.04 bits per heavy atom. The minimum Gasteiger partial charge on any atom is -0.480 e. The Morgan fingerprint density at radius 3 is 2.43 bits per heavy atom. The van der Waals surface area contributed by atoms with Gasteiger partial charge in [0, 0.05) is 36.3 Å². The van der Waals surface area contributed by atoms with Crippen LogP contribution in [0.5, 0.6) is 5.88 Å². The van der Waals surface area contributed by atoms with E-state index in [-0.39, 0.29) is 28.9 Å². The molecule has 0 bridgehead atoms. The largest absolute Gasteiger partial charge is 0.480 e. The zero-order chi connectivity index (χ0) is 33.9. The topological polar surface area (TPSA) is 136 Å². The zero-order valence-corrected chi connectivity index (χ0v) is 28.9. The molecule has 2 aromatic carbocycles. The maximum absolute atomic E-state index is 13.0. The van der Waals surface area contributed by atoms with Crippen LogP contribution in [0, 0.1) is 6.92 Å². The lowest BCUT2D eigenvalue weighted by Gasteiger charge is -2.35. The van der Waals surface area contributed by atoms with Crippen LogP contribution in [0.25, 0.3) is 22.0 Å². The Morgan fingerprint density at radius 2 is 1.77 bits per heavy atom. The summed E-state index contributed by atoms with van der Waals surface area (Å²) in [4.78, 5) is 28.5. The summed E-state index contributed by atoms with van der Waals surface area (Å²) in [5.74, 6) is 1.03. The standard InChI is InChI=1S/C35H44N6O5S/c1-8-23-19-24(28-17-18-30(38-32(28)45-7)40-47(43,44)29-12-10-9-11-22(29)2)20-25-21-36-33(39-31(23)25)37-26-13-15-27(16-14-26)41(6)34(42)46-35(3,4)5/h9-12,17-21,26-27H,8,13-16H2,1-7H3,(H,38,40)(H,36,37,39). The number of carbonyl (C=O) groups is 1. The van der Waals surface area contributed by atoms with Crippen LogP contribution >= 0.6 is 0 Å². The van der Waals surface area contributed by atoms with Gasteiger partial charge in [0.05, 0.1) is 17.5 Å². The molecule has 1 saturated carbocycles. The summed E-state index contributed by atoms with van der Waals surface area (Å²) in [5.41, 5.74) is 3.61. The van der Waals surface area contributed by atoms with Crippen LogP contribution in [0.15, 0.2) is 59.6 Å². The molecule has 250 valence electrons. The van der Waals surface area contributed by atoms with Crippen molar-refractivity contribution in [2.45, 2.75) is 89.3 Å². The third-order valence-electron chi connectivity index (χ3n) is 8.39. The van der Waals surface area contributed by atoms with Gasteiger partial charge in [-0.25, -0.2) is 23.2 Å². The van der Waals surface area contributed by atoms with E-state index in [1.165, 1.54) is 7.11 Å². The van der Waals surface area contributed by atoms with Crippen LogP contribution in [-0.4, -0.2) is 66.2 Å². The van der Waals surface area contributed by atoms with Gasteiger partial charge in [0.25, 0.3) is 10.0 Å². The van der Waals surface area contributed by atoms with E-state index in [1.807, 2.05) is 40.1 Å². The second-order valence-corrected chi connectivity index (χ2v) is 14.6. The lowest BCUT2D eigenvalue weighted by Crippen LogP contribution is -2.43. The summed E-state index contributed by atoms with van der Waals surface area (Å²) in [6, 6.07) is 14.6. The van der Waals surface area contributed by atoms with E-state index in [4.69, 9.17) is 14.5 Å². The first kappa shape index (κ1) is 33.9. The van der Waals surface area contributed by atoms with E-state index in [2.05, 4.69) is 33.0 Å². The fourth-order valence-electron chi connectivity index (χ4n) is 5.91. The molecule has 0 radical (unpaired) electrons. The third kappa shape index (κ3) is 7.93. The van der Waals surface area contributed by atoms with Gasteiger partial charge in [0.2, 0.25) is 11.8 Å². The summed E-state index contributed by atoms with van der Waals surface area (Å²) >= 11 is 0. The Hall–Kier alpha value is -4.45. The Labute approximate surface area is 277 Å². The average Bonchev–Trinajstić information content (AvgIpc) is 3.03. The van der Waals surface area contributed by atoms with Crippen molar-refractivity contribution in [3.8, 4) is 17.0 Å². The monoisotopic (exact) mass is 660 g/mol. The molecule has 0 saturated heterocycles.